The van der Waals surface area contributed by atoms with Crippen LogP contribution in [0.4, 0.5) is 11.6 Å². The van der Waals surface area contributed by atoms with Gasteiger partial charge in [-0.2, -0.15) is 0 Å². The molecule has 7 heteroatoms. The van der Waals surface area contributed by atoms with Gasteiger partial charge >= 0.3 is 0 Å². The number of hydrogen-bond donors (Lipinski definition) is 2. The van der Waals surface area contributed by atoms with Crippen LogP contribution in [0, 0.1) is 0 Å². The summed E-state index contributed by atoms with van der Waals surface area (Å²) in [7, 11) is 0. The second-order valence-electron chi connectivity index (χ2n) is 3.61. The maximum Gasteiger partial charge on any atom is 0.241 e. The Bertz CT molecular complexity index is 435. The van der Waals surface area contributed by atoms with E-state index in [4.69, 9.17) is 28.9 Å². The number of carbonyl (C=O) groups is 1. The van der Waals surface area contributed by atoms with Crippen molar-refractivity contribution in [3.05, 3.63) is 16.1 Å². The summed E-state index contributed by atoms with van der Waals surface area (Å²) in [6.07, 6.45) is 0. The van der Waals surface area contributed by atoms with Crippen LogP contribution in [-0.2, 0) is 4.79 Å². The fourth-order valence-electron chi connectivity index (χ4n) is 1.45. The first kappa shape index (κ1) is 14.9. The molecule has 1 amide bonds. The van der Waals surface area contributed by atoms with Crippen molar-refractivity contribution >= 4 is 40.7 Å². The molecule has 3 N–H and O–H groups in total. The standard InChI is InChI=1S/C11H16Cl2N4O/c1-3-17(4-2)9(18)6-15-11-8(13)5-7(12)10(14)16-11/h5H,3-4,6H2,1-2H3,(H3,14,15,16). The van der Waals surface area contributed by atoms with E-state index in [1.54, 1.807) is 4.90 Å². The van der Waals surface area contributed by atoms with Crippen molar-refractivity contribution in [2.24, 2.45) is 0 Å². The van der Waals surface area contributed by atoms with Gasteiger partial charge in [0.2, 0.25) is 5.91 Å². The molecule has 0 fully saturated rings. The number of anilines is 2. The van der Waals surface area contributed by atoms with Gasteiger partial charge in [0.15, 0.2) is 0 Å². The van der Waals surface area contributed by atoms with Crippen LogP contribution in [0.25, 0.3) is 0 Å². The second kappa shape index (κ2) is 6.66. The summed E-state index contributed by atoms with van der Waals surface area (Å²) in [5, 5.41) is 3.48. The number of likely N-dealkylation sites (N-methyl/N-ethyl adjacent to an activating group) is 1. The lowest BCUT2D eigenvalue weighted by Gasteiger charge is -2.19. The molecule has 18 heavy (non-hydrogen) atoms. The molecule has 0 saturated carbocycles. The topological polar surface area (TPSA) is 71.2 Å². The van der Waals surface area contributed by atoms with Gasteiger partial charge in [0.1, 0.15) is 11.6 Å². The maximum atomic E-state index is 11.8. The van der Waals surface area contributed by atoms with E-state index >= 15 is 0 Å². The van der Waals surface area contributed by atoms with Crippen LogP contribution in [0.3, 0.4) is 0 Å². The first-order chi connectivity index (χ1) is 8.49. The highest BCUT2D eigenvalue weighted by Gasteiger charge is 2.11. The van der Waals surface area contributed by atoms with Gasteiger partial charge in [0.05, 0.1) is 16.6 Å². The van der Waals surface area contributed by atoms with Gasteiger partial charge in [-0.15, -0.1) is 0 Å². The van der Waals surface area contributed by atoms with E-state index in [0.29, 0.717) is 29.0 Å². The molecule has 0 spiro atoms. The molecular weight excluding hydrogens is 275 g/mol. The summed E-state index contributed by atoms with van der Waals surface area (Å²) >= 11 is 11.7. The maximum absolute atomic E-state index is 11.8. The van der Waals surface area contributed by atoms with Gasteiger partial charge in [-0.3, -0.25) is 4.79 Å². The Labute approximate surface area is 116 Å². The molecule has 100 valence electrons. The summed E-state index contributed by atoms with van der Waals surface area (Å²) in [6.45, 7) is 5.30. The third-order valence-corrected chi connectivity index (χ3v) is 3.07. The zero-order valence-corrected chi connectivity index (χ0v) is 11.8. The molecule has 5 nitrogen and oxygen atoms in total. The van der Waals surface area contributed by atoms with E-state index in [2.05, 4.69) is 10.3 Å². The zero-order valence-electron chi connectivity index (χ0n) is 10.3. The number of nitrogens with two attached hydrogens (primary N) is 1. The number of nitrogens with zero attached hydrogens (tertiary/aromatic N) is 2. The van der Waals surface area contributed by atoms with Gasteiger partial charge in [-0.05, 0) is 19.9 Å². The lowest BCUT2D eigenvalue weighted by atomic mass is 10.4. The van der Waals surface area contributed by atoms with Crippen LogP contribution in [0.5, 0.6) is 0 Å². The Morgan fingerprint density at radius 3 is 2.56 bits per heavy atom. The Morgan fingerprint density at radius 2 is 2.00 bits per heavy atom. The van der Waals surface area contributed by atoms with Gasteiger partial charge in [0, 0.05) is 13.1 Å². The van der Waals surface area contributed by atoms with E-state index in [0.717, 1.165) is 0 Å². The third kappa shape index (κ3) is 3.65. The smallest absolute Gasteiger partial charge is 0.241 e. The van der Waals surface area contributed by atoms with Crippen molar-refractivity contribution in [1.29, 1.82) is 0 Å². The number of carbonyl (C=O) groups excluding carboxylic acids is 1. The largest absolute Gasteiger partial charge is 0.382 e. The number of rotatable bonds is 5. The highest BCUT2D eigenvalue weighted by atomic mass is 35.5. The van der Waals surface area contributed by atoms with Gasteiger partial charge in [-0.25, -0.2) is 4.98 Å². The Balaban J connectivity index is 2.69. The second-order valence-corrected chi connectivity index (χ2v) is 4.42. The van der Waals surface area contributed by atoms with Crippen LogP contribution in [0.15, 0.2) is 6.07 Å². The molecule has 0 radical (unpaired) electrons. The third-order valence-electron chi connectivity index (χ3n) is 2.48. The van der Waals surface area contributed by atoms with Crippen molar-refractivity contribution in [1.82, 2.24) is 9.88 Å². The van der Waals surface area contributed by atoms with E-state index in [1.165, 1.54) is 6.07 Å². The Kier molecular flexibility index (Phi) is 5.50. The lowest BCUT2D eigenvalue weighted by Crippen LogP contribution is -2.35. The molecule has 1 aromatic heterocycles. The molecule has 0 saturated heterocycles. The average Bonchev–Trinajstić information content (AvgIpc) is 2.33. The lowest BCUT2D eigenvalue weighted by molar-refractivity contribution is -0.128. The van der Waals surface area contributed by atoms with Crippen LogP contribution in [0.1, 0.15) is 13.8 Å². The first-order valence-electron chi connectivity index (χ1n) is 5.62. The van der Waals surface area contributed by atoms with E-state index in [1.807, 2.05) is 13.8 Å². The number of amides is 1. The molecule has 0 atom stereocenters. The minimum absolute atomic E-state index is 0.0219. The van der Waals surface area contributed by atoms with Crippen molar-refractivity contribution in [3.8, 4) is 0 Å². The zero-order chi connectivity index (χ0) is 13.7. The SMILES string of the molecule is CCN(CC)C(=O)CNc1nc(N)c(Cl)cc1Cl. The number of pyridine rings is 1. The monoisotopic (exact) mass is 290 g/mol. The number of hydrogen-bond acceptors (Lipinski definition) is 4. The van der Waals surface area contributed by atoms with Crippen molar-refractivity contribution in [2.45, 2.75) is 13.8 Å². The quantitative estimate of drug-likeness (QED) is 0.873. The number of aromatic nitrogens is 1. The Hall–Kier alpha value is -1.20. The van der Waals surface area contributed by atoms with E-state index < -0.39 is 0 Å². The molecule has 1 rings (SSSR count). The normalized spacial score (nSPS) is 10.2. The summed E-state index contributed by atoms with van der Waals surface area (Å²) in [5.41, 5.74) is 5.57. The van der Waals surface area contributed by atoms with Gasteiger partial charge < -0.3 is 16.0 Å². The summed E-state index contributed by atoms with van der Waals surface area (Å²) in [6, 6.07) is 1.50. The number of halogens is 2. The van der Waals surface area contributed by atoms with Crippen LogP contribution in [-0.4, -0.2) is 35.4 Å². The number of nitrogens with one attached hydrogen (secondary N) is 1. The van der Waals surface area contributed by atoms with Crippen molar-refractivity contribution < 1.29 is 4.79 Å². The molecule has 0 aliphatic rings. The molecule has 1 aromatic rings. The molecule has 0 aliphatic heterocycles. The molecule has 0 aliphatic carbocycles. The van der Waals surface area contributed by atoms with Crippen LogP contribution >= 0.6 is 23.2 Å². The molecule has 1 heterocycles. The molecule has 0 aromatic carbocycles. The van der Waals surface area contributed by atoms with Crippen molar-refractivity contribution in [3.63, 3.8) is 0 Å². The summed E-state index contributed by atoms with van der Waals surface area (Å²) in [4.78, 5) is 17.5. The summed E-state index contributed by atoms with van der Waals surface area (Å²) < 4.78 is 0. The summed E-state index contributed by atoms with van der Waals surface area (Å²) in [5.74, 6) is 0.518. The predicted molar refractivity (Wildman–Crippen MR) is 75.1 cm³/mol. The fraction of sp³-hybridized carbons (Fsp3) is 0.455. The minimum atomic E-state index is -0.0219. The number of nitrogen functional groups attached to an aromatic ring is 1. The predicted octanol–water partition coefficient (Wildman–Crippen LogP) is 2.25. The van der Waals surface area contributed by atoms with Crippen LogP contribution in [0.2, 0.25) is 10.0 Å². The highest BCUT2D eigenvalue weighted by molar-refractivity contribution is 6.37. The molecular formula is C11H16Cl2N4O. The van der Waals surface area contributed by atoms with Crippen LogP contribution < -0.4 is 11.1 Å². The minimum Gasteiger partial charge on any atom is -0.382 e. The van der Waals surface area contributed by atoms with E-state index in [-0.39, 0.29) is 18.3 Å². The highest BCUT2D eigenvalue weighted by Crippen LogP contribution is 2.27. The fourth-order valence-corrected chi connectivity index (χ4v) is 1.88. The van der Waals surface area contributed by atoms with E-state index in [9.17, 15) is 4.79 Å². The molecule has 0 bridgehead atoms. The first-order valence-corrected chi connectivity index (χ1v) is 6.38. The van der Waals surface area contributed by atoms with Gasteiger partial charge in [0.25, 0.3) is 0 Å². The van der Waals surface area contributed by atoms with Crippen molar-refractivity contribution in [2.75, 3.05) is 30.7 Å². The van der Waals surface area contributed by atoms with Gasteiger partial charge in [-0.1, -0.05) is 23.2 Å². The molecule has 0 unspecified atom stereocenters. The Morgan fingerprint density at radius 1 is 1.39 bits per heavy atom. The average molecular weight is 291 g/mol.